The Morgan fingerprint density at radius 3 is 2.82 bits per heavy atom. The van der Waals surface area contributed by atoms with Gasteiger partial charge in [-0.15, -0.1) is 11.3 Å². The van der Waals surface area contributed by atoms with E-state index in [1.54, 1.807) is 7.11 Å². The molecule has 0 fully saturated rings. The second-order valence-electron chi connectivity index (χ2n) is 4.50. The molecule has 1 aromatic rings. The quantitative estimate of drug-likeness (QED) is 0.773. The third-order valence-electron chi connectivity index (χ3n) is 3.23. The number of hydrogen-bond donors (Lipinski definition) is 1. The summed E-state index contributed by atoms with van der Waals surface area (Å²) in [5.41, 5.74) is 5.61. The van der Waals surface area contributed by atoms with Gasteiger partial charge < -0.3 is 15.4 Å². The summed E-state index contributed by atoms with van der Waals surface area (Å²) in [4.78, 5) is 3.83. The molecule has 0 aromatic carbocycles. The number of likely N-dealkylation sites (N-methyl/N-ethyl adjacent to an activating group) is 1. The van der Waals surface area contributed by atoms with E-state index in [1.807, 2.05) is 11.3 Å². The van der Waals surface area contributed by atoms with Gasteiger partial charge in [0.15, 0.2) is 0 Å². The van der Waals surface area contributed by atoms with Gasteiger partial charge in [0.2, 0.25) is 0 Å². The van der Waals surface area contributed by atoms with Crippen LogP contribution >= 0.6 is 11.3 Å². The van der Waals surface area contributed by atoms with Crippen molar-refractivity contribution in [2.45, 2.75) is 31.9 Å². The summed E-state index contributed by atoms with van der Waals surface area (Å²) in [6, 6.07) is 4.87. The van der Waals surface area contributed by atoms with Crippen molar-refractivity contribution in [3.63, 3.8) is 0 Å². The number of rotatable bonds is 8. The molecular formula is C13H24N2OS. The molecule has 3 nitrogen and oxygen atoms in total. The van der Waals surface area contributed by atoms with Crippen LogP contribution in [0.3, 0.4) is 0 Å². The predicted molar refractivity (Wildman–Crippen MR) is 74.6 cm³/mol. The summed E-state index contributed by atoms with van der Waals surface area (Å²) in [6.45, 7) is 3.90. The fourth-order valence-corrected chi connectivity index (χ4v) is 2.60. The lowest BCUT2D eigenvalue weighted by Crippen LogP contribution is -2.35. The Bertz CT molecular complexity index is 286. The van der Waals surface area contributed by atoms with Gasteiger partial charge in [-0.1, -0.05) is 6.07 Å². The Labute approximate surface area is 109 Å². The van der Waals surface area contributed by atoms with Crippen LogP contribution in [0.5, 0.6) is 0 Å². The molecule has 0 amide bonds. The largest absolute Gasteiger partial charge is 0.380 e. The van der Waals surface area contributed by atoms with E-state index in [4.69, 9.17) is 10.5 Å². The number of ether oxygens (including phenoxy) is 1. The molecule has 0 aliphatic carbocycles. The van der Waals surface area contributed by atoms with Gasteiger partial charge in [-0.2, -0.15) is 0 Å². The molecule has 0 saturated carbocycles. The van der Waals surface area contributed by atoms with Crippen molar-refractivity contribution >= 4 is 11.3 Å². The zero-order valence-corrected chi connectivity index (χ0v) is 11.9. The third kappa shape index (κ3) is 5.17. The molecule has 0 radical (unpaired) electrons. The molecule has 2 unspecified atom stereocenters. The fourth-order valence-electron chi connectivity index (χ4n) is 1.78. The lowest BCUT2D eigenvalue weighted by Gasteiger charge is -2.26. The highest BCUT2D eigenvalue weighted by Crippen LogP contribution is 2.13. The predicted octanol–water partition coefficient (Wildman–Crippen LogP) is 1.97. The minimum absolute atomic E-state index is 0.186. The monoisotopic (exact) mass is 256 g/mol. The summed E-state index contributed by atoms with van der Waals surface area (Å²) in [7, 11) is 3.90. The van der Waals surface area contributed by atoms with Crippen LogP contribution in [0.25, 0.3) is 0 Å². The molecule has 17 heavy (non-hydrogen) atoms. The van der Waals surface area contributed by atoms with Crippen LogP contribution in [0.4, 0.5) is 0 Å². The van der Waals surface area contributed by atoms with Gasteiger partial charge in [-0.3, -0.25) is 0 Å². The van der Waals surface area contributed by atoms with E-state index in [9.17, 15) is 0 Å². The average molecular weight is 256 g/mol. The average Bonchev–Trinajstić information content (AvgIpc) is 2.82. The van der Waals surface area contributed by atoms with Crippen LogP contribution in [0, 0.1) is 0 Å². The second kappa shape index (κ2) is 7.82. The SMILES string of the molecule is COC(CN)CCN(C)C(C)Cc1cccs1. The fraction of sp³-hybridized carbons (Fsp3) is 0.692. The van der Waals surface area contributed by atoms with Crippen LogP contribution < -0.4 is 5.73 Å². The van der Waals surface area contributed by atoms with Crippen molar-refractivity contribution in [3.8, 4) is 0 Å². The summed E-state index contributed by atoms with van der Waals surface area (Å²) < 4.78 is 5.29. The molecule has 0 spiro atoms. The first-order valence-electron chi connectivity index (χ1n) is 6.12. The number of nitrogens with zero attached hydrogens (tertiary/aromatic N) is 1. The Morgan fingerprint density at radius 1 is 1.53 bits per heavy atom. The zero-order chi connectivity index (χ0) is 12.7. The second-order valence-corrected chi connectivity index (χ2v) is 5.53. The lowest BCUT2D eigenvalue weighted by atomic mass is 10.1. The van der Waals surface area contributed by atoms with E-state index >= 15 is 0 Å². The highest BCUT2D eigenvalue weighted by molar-refractivity contribution is 7.09. The van der Waals surface area contributed by atoms with Crippen molar-refractivity contribution in [1.29, 1.82) is 0 Å². The number of nitrogens with two attached hydrogens (primary N) is 1. The number of thiophene rings is 1. The molecule has 1 aromatic heterocycles. The topological polar surface area (TPSA) is 38.5 Å². The summed E-state index contributed by atoms with van der Waals surface area (Å²) in [6.07, 6.45) is 2.30. The first-order chi connectivity index (χ1) is 8.17. The van der Waals surface area contributed by atoms with Gasteiger partial charge in [0.1, 0.15) is 0 Å². The van der Waals surface area contributed by atoms with Gasteiger partial charge >= 0.3 is 0 Å². The van der Waals surface area contributed by atoms with Gasteiger partial charge in [-0.05, 0) is 38.3 Å². The van der Waals surface area contributed by atoms with E-state index in [0.29, 0.717) is 12.6 Å². The molecule has 0 bridgehead atoms. The highest BCUT2D eigenvalue weighted by atomic mass is 32.1. The molecule has 0 aliphatic rings. The number of methoxy groups -OCH3 is 1. The van der Waals surface area contributed by atoms with Crippen molar-refractivity contribution in [2.24, 2.45) is 5.73 Å². The standard InChI is InChI=1S/C13H24N2OS/c1-11(9-13-5-4-8-17-13)15(2)7-6-12(10-14)16-3/h4-5,8,11-12H,6-7,9-10,14H2,1-3H3. The van der Waals surface area contributed by atoms with E-state index in [0.717, 1.165) is 19.4 Å². The Balaban J connectivity index is 2.29. The van der Waals surface area contributed by atoms with Crippen LogP contribution in [-0.4, -0.2) is 44.3 Å². The van der Waals surface area contributed by atoms with Gasteiger partial charge in [0, 0.05) is 31.1 Å². The smallest absolute Gasteiger partial charge is 0.0705 e. The van der Waals surface area contributed by atoms with Crippen LogP contribution in [0.15, 0.2) is 17.5 Å². The Hall–Kier alpha value is -0.420. The van der Waals surface area contributed by atoms with Crippen molar-refractivity contribution in [3.05, 3.63) is 22.4 Å². The maximum atomic E-state index is 5.61. The van der Waals surface area contributed by atoms with Crippen LogP contribution in [0.1, 0.15) is 18.2 Å². The maximum Gasteiger partial charge on any atom is 0.0705 e. The third-order valence-corrected chi connectivity index (χ3v) is 4.13. The summed E-state index contributed by atoms with van der Waals surface area (Å²) >= 11 is 1.83. The highest BCUT2D eigenvalue weighted by Gasteiger charge is 2.12. The van der Waals surface area contributed by atoms with E-state index in [-0.39, 0.29) is 6.10 Å². The molecule has 0 saturated heterocycles. The van der Waals surface area contributed by atoms with Gasteiger partial charge in [0.25, 0.3) is 0 Å². The molecule has 1 heterocycles. The van der Waals surface area contributed by atoms with E-state index < -0.39 is 0 Å². The first-order valence-corrected chi connectivity index (χ1v) is 7.00. The first kappa shape index (κ1) is 14.6. The van der Waals surface area contributed by atoms with Crippen molar-refractivity contribution in [2.75, 3.05) is 27.2 Å². The maximum absolute atomic E-state index is 5.61. The molecule has 0 aliphatic heterocycles. The molecule has 4 heteroatoms. The van der Waals surface area contributed by atoms with E-state index in [2.05, 4.69) is 36.4 Å². The van der Waals surface area contributed by atoms with Crippen molar-refractivity contribution in [1.82, 2.24) is 4.90 Å². The molecule has 2 N–H and O–H groups in total. The Kier molecular flexibility index (Phi) is 6.73. The van der Waals surface area contributed by atoms with Gasteiger partial charge in [-0.25, -0.2) is 0 Å². The Morgan fingerprint density at radius 2 is 2.29 bits per heavy atom. The lowest BCUT2D eigenvalue weighted by molar-refractivity contribution is 0.0882. The normalized spacial score (nSPS) is 15.1. The molecular weight excluding hydrogens is 232 g/mol. The summed E-state index contributed by atoms with van der Waals surface area (Å²) in [5, 5.41) is 2.14. The van der Waals surface area contributed by atoms with Crippen LogP contribution in [-0.2, 0) is 11.2 Å². The number of hydrogen-bond acceptors (Lipinski definition) is 4. The van der Waals surface area contributed by atoms with Crippen molar-refractivity contribution < 1.29 is 4.74 Å². The van der Waals surface area contributed by atoms with E-state index in [1.165, 1.54) is 4.88 Å². The zero-order valence-electron chi connectivity index (χ0n) is 11.1. The molecule has 1 rings (SSSR count). The van der Waals surface area contributed by atoms with Gasteiger partial charge in [0.05, 0.1) is 6.10 Å². The van der Waals surface area contributed by atoms with Crippen LogP contribution in [0.2, 0.25) is 0 Å². The summed E-state index contributed by atoms with van der Waals surface area (Å²) in [5.74, 6) is 0. The minimum atomic E-state index is 0.186. The molecule has 2 atom stereocenters. The molecule has 98 valence electrons. The minimum Gasteiger partial charge on any atom is -0.380 e.